The minimum Gasteiger partial charge on any atom is -0.495 e. The Hall–Kier alpha value is -3.81. The average Bonchev–Trinajstić information content (AvgIpc) is 3.24. The predicted octanol–water partition coefficient (Wildman–Crippen LogP) is 3.33. The number of ether oxygens (including phenoxy) is 1. The summed E-state index contributed by atoms with van der Waals surface area (Å²) in [4.78, 5) is 33.6. The van der Waals surface area contributed by atoms with Crippen molar-refractivity contribution in [3.05, 3.63) is 81.0 Å². The molecule has 0 fully saturated rings. The molecule has 8 heteroatoms. The van der Waals surface area contributed by atoms with Gasteiger partial charge in [0, 0.05) is 26.7 Å². The van der Waals surface area contributed by atoms with Crippen molar-refractivity contribution in [3.8, 4) is 5.75 Å². The molecule has 4 aromatic rings. The molecule has 1 atom stereocenters. The second-order valence-electron chi connectivity index (χ2n) is 8.97. The minimum atomic E-state index is -0.335. The Morgan fingerprint density at radius 1 is 1.03 bits per heavy atom. The minimum absolute atomic E-state index is 0.276. The van der Waals surface area contributed by atoms with E-state index in [1.807, 2.05) is 47.0 Å². The van der Waals surface area contributed by atoms with E-state index in [0.717, 1.165) is 24.4 Å². The van der Waals surface area contributed by atoms with Crippen molar-refractivity contribution in [3.63, 3.8) is 0 Å². The largest absolute Gasteiger partial charge is 0.495 e. The van der Waals surface area contributed by atoms with Crippen LogP contribution in [0.15, 0.2) is 64.2 Å². The molecule has 0 N–H and O–H groups in total. The van der Waals surface area contributed by atoms with Crippen molar-refractivity contribution in [1.29, 1.82) is 0 Å². The van der Waals surface area contributed by atoms with Crippen molar-refractivity contribution in [2.45, 2.75) is 32.9 Å². The zero-order chi connectivity index (χ0) is 23.8. The maximum atomic E-state index is 13.6. The van der Waals surface area contributed by atoms with E-state index in [9.17, 15) is 9.59 Å². The number of benzene rings is 2. The van der Waals surface area contributed by atoms with E-state index in [0.29, 0.717) is 36.6 Å². The Labute approximate surface area is 197 Å². The van der Waals surface area contributed by atoms with Gasteiger partial charge in [0.05, 0.1) is 12.8 Å². The number of methoxy groups -OCH3 is 1. The van der Waals surface area contributed by atoms with Gasteiger partial charge in [-0.3, -0.25) is 13.9 Å². The van der Waals surface area contributed by atoms with Crippen LogP contribution in [0.1, 0.15) is 18.9 Å². The molecular formula is C26H29N5O3. The molecule has 0 saturated carbocycles. The summed E-state index contributed by atoms with van der Waals surface area (Å²) in [6, 6.07) is 17.9. The van der Waals surface area contributed by atoms with Gasteiger partial charge < -0.3 is 14.2 Å². The third kappa shape index (κ3) is 3.69. The topological polar surface area (TPSA) is 74.3 Å². The van der Waals surface area contributed by atoms with Crippen molar-refractivity contribution in [2.24, 2.45) is 13.0 Å². The predicted molar refractivity (Wildman–Crippen MR) is 133 cm³/mol. The summed E-state index contributed by atoms with van der Waals surface area (Å²) in [5.41, 5.74) is 2.36. The molecule has 2 aromatic carbocycles. The van der Waals surface area contributed by atoms with E-state index in [4.69, 9.17) is 9.72 Å². The first-order valence-electron chi connectivity index (χ1n) is 11.6. The third-order valence-electron chi connectivity index (χ3n) is 6.51. The summed E-state index contributed by atoms with van der Waals surface area (Å²) in [7, 11) is 3.33. The van der Waals surface area contributed by atoms with Crippen molar-refractivity contribution >= 4 is 22.8 Å². The maximum absolute atomic E-state index is 13.6. The van der Waals surface area contributed by atoms with E-state index in [1.165, 1.54) is 14.7 Å². The molecule has 0 unspecified atom stereocenters. The zero-order valence-electron chi connectivity index (χ0n) is 19.8. The molecule has 3 heterocycles. The first-order chi connectivity index (χ1) is 16.5. The third-order valence-corrected chi connectivity index (χ3v) is 6.51. The van der Waals surface area contributed by atoms with Crippen LogP contribution in [0.5, 0.6) is 5.75 Å². The van der Waals surface area contributed by atoms with Gasteiger partial charge in [-0.1, -0.05) is 49.4 Å². The molecule has 1 aliphatic rings. The first-order valence-corrected chi connectivity index (χ1v) is 11.6. The molecule has 0 saturated heterocycles. The Morgan fingerprint density at radius 3 is 2.53 bits per heavy atom. The number of aromatic nitrogens is 4. The fraction of sp³-hybridized carbons (Fsp3) is 0.346. The van der Waals surface area contributed by atoms with Crippen molar-refractivity contribution in [2.75, 3.05) is 18.6 Å². The van der Waals surface area contributed by atoms with Crippen LogP contribution in [-0.2, 0) is 26.6 Å². The smallest absolute Gasteiger partial charge is 0.332 e. The molecular weight excluding hydrogens is 430 g/mol. The lowest BCUT2D eigenvalue weighted by molar-refractivity contribution is 0.409. The van der Waals surface area contributed by atoms with Crippen LogP contribution in [0.3, 0.4) is 0 Å². The Bertz CT molecular complexity index is 1450. The number of hydrogen-bond donors (Lipinski definition) is 0. The normalized spacial score (nSPS) is 15.5. The van der Waals surface area contributed by atoms with E-state index in [2.05, 4.69) is 24.0 Å². The fourth-order valence-corrected chi connectivity index (χ4v) is 4.84. The van der Waals surface area contributed by atoms with Crippen LogP contribution in [0.2, 0.25) is 0 Å². The summed E-state index contributed by atoms with van der Waals surface area (Å²) in [5, 5.41) is 0. The van der Waals surface area contributed by atoms with Gasteiger partial charge in [0.1, 0.15) is 5.75 Å². The quantitative estimate of drug-likeness (QED) is 0.442. The zero-order valence-corrected chi connectivity index (χ0v) is 19.8. The molecule has 0 radical (unpaired) electrons. The number of anilines is 2. The lowest BCUT2D eigenvalue weighted by Gasteiger charge is -2.33. The van der Waals surface area contributed by atoms with Crippen LogP contribution in [0, 0.1) is 5.92 Å². The number of fused-ring (bicyclic) bond motifs is 3. The summed E-state index contributed by atoms with van der Waals surface area (Å²) in [6.07, 6.45) is 1.51. The Morgan fingerprint density at radius 2 is 1.76 bits per heavy atom. The van der Waals surface area contributed by atoms with Gasteiger partial charge >= 0.3 is 5.69 Å². The standard InChI is InChI=1S/C26H29N5O3/c1-18-16-30(20-13-7-8-14-21(20)34-3)25-27-23-22(31(25)17-18)24(32)29(26(33)28(23)2)15-9-12-19-10-5-4-6-11-19/h4-8,10-11,13-14,18H,9,12,15-17H2,1-3H3/t18-/m0/s1. The van der Waals surface area contributed by atoms with Gasteiger partial charge in [0.15, 0.2) is 11.2 Å². The number of imidazole rings is 1. The van der Waals surface area contributed by atoms with Gasteiger partial charge in [-0.25, -0.2) is 4.79 Å². The van der Waals surface area contributed by atoms with Crippen LogP contribution in [0.25, 0.3) is 11.2 Å². The number of hydrogen-bond acceptors (Lipinski definition) is 5. The highest BCUT2D eigenvalue weighted by atomic mass is 16.5. The molecule has 8 nitrogen and oxygen atoms in total. The molecule has 176 valence electrons. The van der Waals surface area contributed by atoms with Crippen molar-refractivity contribution < 1.29 is 4.74 Å². The summed E-state index contributed by atoms with van der Waals surface area (Å²) >= 11 is 0. The van der Waals surface area contributed by atoms with Gasteiger partial charge in [0.2, 0.25) is 5.95 Å². The first kappa shape index (κ1) is 22.0. The van der Waals surface area contributed by atoms with Crippen LogP contribution in [0.4, 0.5) is 11.6 Å². The molecule has 5 rings (SSSR count). The SMILES string of the molecule is COc1ccccc1N1C[C@H](C)Cn2c1nc1c2c(=O)n(CCCc2ccccc2)c(=O)n1C. The number of nitrogens with zero attached hydrogens (tertiary/aromatic N) is 5. The highest BCUT2D eigenvalue weighted by Gasteiger charge is 2.31. The number of para-hydroxylation sites is 2. The fourth-order valence-electron chi connectivity index (χ4n) is 4.84. The molecule has 34 heavy (non-hydrogen) atoms. The molecule has 1 aliphatic heterocycles. The van der Waals surface area contributed by atoms with Crippen LogP contribution in [-0.4, -0.2) is 32.3 Å². The monoisotopic (exact) mass is 459 g/mol. The molecule has 0 amide bonds. The van der Waals surface area contributed by atoms with Gasteiger partial charge in [-0.05, 0) is 36.5 Å². The van der Waals surface area contributed by atoms with Gasteiger partial charge in [-0.15, -0.1) is 0 Å². The summed E-state index contributed by atoms with van der Waals surface area (Å²) in [5.74, 6) is 1.67. The Kier molecular flexibility index (Phi) is 5.73. The molecule has 0 aliphatic carbocycles. The summed E-state index contributed by atoms with van der Waals surface area (Å²) in [6.45, 7) is 3.91. The van der Waals surface area contributed by atoms with Crippen LogP contribution >= 0.6 is 0 Å². The Balaban J connectivity index is 1.60. The lowest BCUT2D eigenvalue weighted by atomic mass is 10.1. The average molecular weight is 460 g/mol. The van der Waals surface area contributed by atoms with E-state index in [-0.39, 0.29) is 17.2 Å². The van der Waals surface area contributed by atoms with Gasteiger partial charge in [0.25, 0.3) is 5.56 Å². The number of rotatable bonds is 6. The van der Waals surface area contributed by atoms with Gasteiger partial charge in [-0.2, -0.15) is 4.98 Å². The lowest BCUT2D eigenvalue weighted by Crippen LogP contribution is -2.40. The second-order valence-corrected chi connectivity index (χ2v) is 8.97. The molecule has 2 aromatic heterocycles. The maximum Gasteiger partial charge on any atom is 0.332 e. The van der Waals surface area contributed by atoms with E-state index >= 15 is 0 Å². The van der Waals surface area contributed by atoms with E-state index < -0.39 is 0 Å². The summed E-state index contributed by atoms with van der Waals surface area (Å²) < 4.78 is 10.4. The second kappa shape index (κ2) is 8.85. The van der Waals surface area contributed by atoms with E-state index in [1.54, 1.807) is 14.2 Å². The highest BCUT2D eigenvalue weighted by Crippen LogP contribution is 2.37. The molecule has 0 spiro atoms. The molecule has 0 bridgehead atoms. The number of aryl methyl sites for hydroxylation is 2. The van der Waals surface area contributed by atoms with Crippen molar-refractivity contribution in [1.82, 2.24) is 18.7 Å². The highest BCUT2D eigenvalue weighted by molar-refractivity contribution is 5.78. The van der Waals surface area contributed by atoms with Crippen LogP contribution < -0.4 is 20.9 Å².